The number of hydrogen-bond acceptors (Lipinski definition) is 5. The van der Waals surface area contributed by atoms with Crippen molar-refractivity contribution in [2.75, 3.05) is 25.0 Å². The first-order valence-corrected chi connectivity index (χ1v) is 8.31. The number of rotatable bonds is 5. The van der Waals surface area contributed by atoms with Crippen molar-refractivity contribution in [1.82, 2.24) is 14.9 Å². The van der Waals surface area contributed by atoms with Gasteiger partial charge in [0.25, 0.3) is 0 Å². The van der Waals surface area contributed by atoms with E-state index in [4.69, 9.17) is 0 Å². The predicted molar refractivity (Wildman–Crippen MR) is 87.7 cm³/mol. The molecule has 2 aromatic heterocycles. The molecule has 1 N–H and O–H groups in total. The van der Waals surface area contributed by atoms with Gasteiger partial charge in [-0.1, -0.05) is 6.07 Å². The van der Waals surface area contributed by atoms with Crippen LogP contribution < -0.4 is 5.32 Å². The van der Waals surface area contributed by atoms with Gasteiger partial charge in [0.05, 0.1) is 5.01 Å². The lowest BCUT2D eigenvalue weighted by Crippen LogP contribution is -2.22. The number of nitrogens with zero attached hydrogens (tertiary/aromatic N) is 3. The van der Waals surface area contributed by atoms with E-state index in [-0.39, 0.29) is 0 Å². The molecule has 0 spiro atoms. The van der Waals surface area contributed by atoms with Gasteiger partial charge in [0.2, 0.25) is 0 Å². The molecule has 1 unspecified atom stereocenters. The fourth-order valence-electron chi connectivity index (χ4n) is 2.74. The highest BCUT2D eigenvalue weighted by Gasteiger charge is 2.22. The second-order valence-electron chi connectivity index (χ2n) is 5.84. The summed E-state index contributed by atoms with van der Waals surface area (Å²) in [7, 11) is 0. The summed E-state index contributed by atoms with van der Waals surface area (Å²) in [6.07, 6.45) is 5.19. The van der Waals surface area contributed by atoms with Crippen molar-refractivity contribution in [3.63, 3.8) is 0 Å². The molecule has 112 valence electrons. The van der Waals surface area contributed by atoms with E-state index in [1.54, 1.807) is 0 Å². The Bertz CT molecular complexity index is 578. The van der Waals surface area contributed by atoms with Gasteiger partial charge in [0.1, 0.15) is 5.82 Å². The molecule has 1 atom stereocenters. The highest BCUT2D eigenvalue weighted by Crippen LogP contribution is 2.21. The molecule has 3 heterocycles. The zero-order valence-electron chi connectivity index (χ0n) is 12.7. The van der Waals surface area contributed by atoms with E-state index in [0.717, 1.165) is 30.5 Å². The first kappa shape index (κ1) is 14.5. The van der Waals surface area contributed by atoms with Crippen molar-refractivity contribution < 1.29 is 0 Å². The third kappa shape index (κ3) is 4.02. The molecule has 1 saturated heterocycles. The maximum Gasteiger partial charge on any atom is 0.125 e. The Hall–Kier alpha value is -1.46. The number of pyridine rings is 1. The third-order valence-electron chi connectivity index (χ3n) is 3.90. The maximum atomic E-state index is 4.40. The van der Waals surface area contributed by atoms with Crippen LogP contribution in [0, 0.1) is 19.8 Å². The standard InChI is InChI=1S/C16H22N4S/c1-12-3-4-16(18-7-12)19-8-14-5-6-20(10-14)11-15-9-17-13(2)21-15/h3-4,7,9,14H,5-6,8,10-11H2,1-2H3,(H,18,19). The summed E-state index contributed by atoms with van der Waals surface area (Å²) in [6, 6.07) is 4.16. The average molecular weight is 302 g/mol. The molecule has 0 aliphatic carbocycles. The molecule has 0 saturated carbocycles. The number of aryl methyl sites for hydroxylation is 2. The largest absolute Gasteiger partial charge is 0.370 e. The van der Waals surface area contributed by atoms with Crippen LogP contribution in [0.3, 0.4) is 0 Å². The SMILES string of the molecule is Cc1ccc(NCC2CCN(Cc3cnc(C)s3)C2)nc1. The molecule has 3 rings (SSSR count). The summed E-state index contributed by atoms with van der Waals surface area (Å²) >= 11 is 1.81. The van der Waals surface area contributed by atoms with Crippen LogP contribution >= 0.6 is 11.3 Å². The molecule has 2 aromatic rings. The van der Waals surface area contributed by atoms with Crippen LogP contribution in [0.2, 0.25) is 0 Å². The summed E-state index contributed by atoms with van der Waals surface area (Å²) in [5.41, 5.74) is 1.20. The summed E-state index contributed by atoms with van der Waals surface area (Å²) in [6.45, 7) is 8.53. The van der Waals surface area contributed by atoms with Crippen molar-refractivity contribution in [3.8, 4) is 0 Å². The summed E-state index contributed by atoms with van der Waals surface area (Å²) in [5.74, 6) is 1.69. The van der Waals surface area contributed by atoms with E-state index in [1.807, 2.05) is 23.7 Å². The molecule has 0 aromatic carbocycles. The Morgan fingerprint density at radius 2 is 2.19 bits per heavy atom. The molecule has 0 radical (unpaired) electrons. The molecule has 1 fully saturated rings. The van der Waals surface area contributed by atoms with Gasteiger partial charge in [0.15, 0.2) is 0 Å². The molecule has 21 heavy (non-hydrogen) atoms. The summed E-state index contributed by atoms with van der Waals surface area (Å²) < 4.78 is 0. The van der Waals surface area contributed by atoms with Crippen LogP contribution in [-0.2, 0) is 6.54 Å². The van der Waals surface area contributed by atoms with E-state index in [0.29, 0.717) is 5.92 Å². The summed E-state index contributed by atoms with van der Waals surface area (Å²) in [4.78, 5) is 12.6. The maximum absolute atomic E-state index is 4.40. The smallest absolute Gasteiger partial charge is 0.125 e. The highest BCUT2D eigenvalue weighted by atomic mass is 32.1. The van der Waals surface area contributed by atoms with Crippen LogP contribution in [0.1, 0.15) is 21.9 Å². The minimum atomic E-state index is 0.710. The van der Waals surface area contributed by atoms with Crippen LogP contribution in [-0.4, -0.2) is 34.5 Å². The minimum absolute atomic E-state index is 0.710. The lowest BCUT2D eigenvalue weighted by atomic mass is 10.1. The lowest BCUT2D eigenvalue weighted by Gasteiger charge is -2.15. The number of hydrogen-bond donors (Lipinski definition) is 1. The van der Waals surface area contributed by atoms with Gasteiger partial charge < -0.3 is 5.32 Å². The van der Waals surface area contributed by atoms with Crippen LogP contribution in [0.15, 0.2) is 24.5 Å². The van der Waals surface area contributed by atoms with Gasteiger partial charge in [-0.25, -0.2) is 9.97 Å². The van der Waals surface area contributed by atoms with Crippen LogP contribution in [0.4, 0.5) is 5.82 Å². The van der Waals surface area contributed by atoms with E-state index >= 15 is 0 Å². The Kier molecular flexibility index (Phi) is 4.51. The molecule has 4 nitrogen and oxygen atoms in total. The lowest BCUT2D eigenvalue weighted by molar-refractivity contribution is 0.321. The highest BCUT2D eigenvalue weighted by molar-refractivity contribution is 7.11. The molecule has 0 bridgehead atoms. The van der Waals surface area contributed by atoms with Gasteiger partial charge in [0, 0.05) is 36.9 Å². The van der Waals surface area contributed by atoms with Gasteiger partial charge in [-0.2, -0.15) is 0 Å². The van der Waals surface area contributed by atoms with E-state index in [9.17, 15) is 0 Å². The molecule has 1 aliphatic heterocycles. The number of likely N-dealkylation sites (tertiary alicyclic amines) is 1. The first-order valence-electron chi connectivity index (χ1n) is 7.49. The van der Waals surface area contributed by atoms with E-state index in [1.165, 1.54) is 23.4 Å². The Morgan fingerprint density at radius 3 is 2.90 bits per heavy atom. The van der Waals surface area contributed by atoms with Crippen molar-refractivity contribution >= 4 is 17.2 Å². The fourth-order valence-corrected chi connectivity index (χ4v) is 3.58. The molecular formula is C16H22N4S. The van der Waals surface area contributed by atoms with Gasteiger partial charge in [-0.15, -0.1) is 11.3 Å². The fraction of sp³-hybridized carbons (Fsp3) is 0.500. The van der Waals surface area contributed by atoms with Crippen molar-refractivity contribution in [3.05, 3.63) is 40.0 Å². The molecule has 1 aliphatic rings. The van der Waals surface area contributed by atoms with E-state index in [2.05, 4.69) is 46.2 Å². The number of thiazole rings is 1. The number of anilines is 1. The van der Waals surface area contributed by atoms with Crippen molar-refractivity contribution in [2.45, 2.75) is 26.8 Å². The summed E-state index contributed by atoms with van der Waals surface area (Å²) in [5, 5.41) is 4.61. The Morgan fingerprint density at radius 1 is 1.29 bits per heavy atom. The molecular weight excluding hydrogens is 280 g/mol. The normalized spacial score (nSPS) is 19.0. The molecule has 5 heteroatoms. The van der Waals surface area contributed by atoms with Gasteiger partial charge in [-0.3, -0.25) is 4.90 Å². The topological polar surface area (TPSA) is 41.0 Å². The van der Waals surface area contributed by atoms with E-state index < -0.39 is 0 Å². The second kappa shape index (κ2) is 6.54. The predicted octanol–water partition coefficient (Wildman–Crippen LogP) is 3.09. The zero-order valence-corrected chi connectivity index (χ0v) is 13.5. The third-order valence-corrected chi connectivity index (χ3v) is 4.80. The first-order chi connectivity index (χ1) is 10.2. The quantitative estimate of drug-likeness (QED) is 0.921. The molecule has 0 amide bonds. The van der Waals surface area contributed by atoms with Gasteiger partial charge in [-0.05, 0) is 44.4 Å². The van der Waals surface area contributed by atoms with Crippen LogP contribution in [0.25, 0.3) is 0 Å². The Labute approximate surface area is 130 Å². The monoisotopic (exact) mass is 302 g/mol. The minimum Gasteiger partial charge on any atom is -0.370 e. The van der Waals surface area contributed by atoms with Gasteiger partial charge >= 0.3 is 0 Å². The number of nitrogens with one attached hydrogen (secondary N) is 1. The van der Waals surface area contributed by atoms with Crippen LogP contribution in [0.5, 0.6) is 0 Å². The second-order valence-corrected chi connectivity index (χ2v) is 7.16. The van der Waals surface area contributed by atoms with Crippen molar-refractivity contribution in [1.29, 1.82) is 0 Å². The Balaban J connectivity index is 1.45. The zero-order chi connectivity index (χ0) is 14.7. The van der Waals surface area contributed by atoms with Crippen molar-refractivity contribution in [2.24, 2.45) is 5.92 Å². The average Bonchev–Trinajstić information content (AvgIpc) is 3.08. The number of aromatic nitrogens is 2.